The summed E-state index contributed by atoms with van der Waals surface area (Å²) in [5.41, 5.74) is 0. The zero-order valence-electron chi connectivity index (χ0n) is 7.24. The fourth-order valence-corrected chi connectivity index (χ4v) is 2.65. The van der Waals surface area contributed by atoms with Crippen LogP contribution in [-0.2, 0) is 9.84 Å². The van der Waals surface area contributed by atoms with Crippen LogP contribution in [0.25, 0.3) is 0 Å². The number of aliphatic hydroxyl groups is 1. The molecule has 0 saturated heterocycles. The molecule has 0 rings (SSSR count). The number of rotatable bonds is 4. The third-order valence-corrected chi connectivity index (χ3v) is 4.26. The summed E-state index contributed by atoms with van der Waals surface area (Å²) in [5, 5.41) is 8.51. The molecule has 0 aromatic rings. The topological polar surface area (TPSA) is 54.4 Å². The first-order valence-electron chi connectivity index (χ1n) is 3.85. The SMILES string of the molecule is CC[C@@H]([C@H](C)O)S(=O)(=O)CC. The molecular weight excluding hydrogens is 164 g/mol. The Hall–Kier alpha value is -0.0900. The molecule has 0 saturated carbocycles. The van der Waals surface area contributed by atoms with E-state index in [-0.39, 0.29) is 5.75 Å². The molecule has 0 bridgehead atoms. The second-order valence-electron chi connectivity index (χ2n) is 2.64. The summed E-state index contributed by atoms with van der Waals surface area (Å²) < 4.78 is 22.4. The number of hydrogen-bond donors (Lipinski definition) is 1. The van der Waals surface area contributed by atoms with E-state index in [2.05, 4.69) is 0 Å². The van der Waals surface area contributed by atoms with Gasteiger partial charge >= 0.3 is 0 Å². The molecule has 0 aromatic heterocycles. The van der Waals surface area contributed by atoms with Gasteiger partial charge in [-0.25, -0.2) is 8.42 Å². The minimum Gasteiger partial charge on any atom is -0.392 e. The summed E-state index contributed by atoms with van der Waals surface area (Å²) >= 11 is 0. The maximum atomic E-state index is 11.2. The van der Waals surface area contributed by atoms with Gasteiger partial charge in [-0.05, 0) is 13.3 Å². The Morgan fingerprint density at radius 2 is 1.82 bits per heavy atom. The van der Waals surface area contributed by atoms with Crippen molar-refractivity contribution >= 4 is 9.84 Å². The van der Waals surface area contributed by atoms with Crippen molar-refractivity contribution in [3.63, 3.8) is 0 Å². The summed E-state index contributed by atoms with van der Waals surface area (Å²) in [7, 11) is -3.06. The first-order chi connectivity index (χ1) is 4.95. The lowest BCUT2D eigenvalue weighted by atomic mass is 10.2. The number of hydrogen-bond acceptors (Lipinski definition) is 3. The first-order valence-corrected chi connectivity index (χ1v) is 5.56. The summed E-state index contributed by atoms with van der Waals surface area (Å²) in [6.07, 6.45) is -0.279. The van der Waals surface area contributed by atoms with E-state index in [0.717, 1.165) is 0 Å². The van der Waals surface area contributed by atoms with Crippen molar-refractivity contribution in [2.45, 2.75) is 38.5 Å². The molecule has 68 valence electrons. The predicted molar refractivity (Wildman–Crippen MR) is 45.2 cm³/mol. The molecule has 0 spiro atoms. The van der Waals surface area contributed by atoms with Crippen LogP contribution >= 0.6 is 0 Å². The molecule has 0 amide bonds. The lowest BCUT2D eigenvalue weighted by Gasteiger charge is -2.16. The Bertz CT molecular complexity index is 194. The molecule has 2 atom stereocenters. The highest BCUT2D eigenvalue weighted by atomic mass is 32.2. The lowest BCUT2D eigenvalue weighted by molar-refractivity contribution is 0.186. The van der Waals surface area contributed by atoms with Crippen molar-refractivity contribution in [3.8, 4) is 0 Å². The van der Waals surface area contributed by atoms with Crippen molar-refractivity contribution in [1.29, 1.82) is 0 Å². The smallest absolute Gasteiger partial charge is 0.155 e. The molecule has 0 radical (unpaired) electrons. The fourth-order valence-electron chi connectivity index (χ4n) is 1.11. The summed E-state index contributed by atoms with van der Waals surface area (Å²) in [5.74, 6) is 0.108. The van der Waals surface area contributed by atoms with Gasteiger partial charge in [0.15, 0.2) is 9.84 Å². The Kier molecular flexibility index (Phi) is 4.03. The fraction of sp³-hybridized carbons (Fsp3) is 1.00. The van der Waals surface area contributed by atoms with E-state index in [4.69, 9.17) is 5.11 Å². The van der Waals surface area contributed by atoms with E-state index in [1.807, 2.05) is 0 Å². The van der Waals surface area contributed by atoms with Crippen LogP contribution < -0.4 is 0 Å². The van der Waals surface area contributed by atoms with Crippen LogP contribution in [0.15, 0.2) is 0 Å². The van der Waals surface area contributed by atoms with Crippen LogP contribution in [0, 0.1) is 0 Å². The normalized spacial score (nSPS) is 17.8. The van der Waals surface area contributed by atoms with Gasteiger partial charge in [0.1, 0.15) is 0 Å². The van der Waals surface area contributed by atoms with Crippen LogP contribution in [0.5, 0.6) is 0 Å². The van der Waals surface area contributed by atoms with Crippen LogP contribution in [0.1, 0.15) is 27.2 Å². The van der Waals surface area contributed by atoms with Gasteiger partial charge in [-0.1, -0.05) is 13.8 Å². The second kappa shape index (κ2) is 4.07. The van der Waals surface area contributed by atoms with E-state index in [1.54, 1.807) is 13.8 Å². The average molecular weight is 180 g/mol. The molecule has 0 aliphatic rings. The van der Waals surface area contributed by atoms with Crippen LogP contribution in [-0.4, -0.2) is 30.6 Å². The van der Waals surface area contributed by atoms with Gasteiger partial charge in [0.25, 0.3) is 0 Å². The minimum absolute atomic E-state index is 0.108. The Balaban J connectivity index is 4.51. The summed E-state index contributed by atoms with van der Waals surface area (Å²) in [6, 6.07) is 0. The Morgan fingerprint density at radius 1 is 1.36 bits per heavy atom. The molecule has 0 aliphatic carbocycles. The summed E-state index contributed by atoms with van der Waals surface area (Å²) in [4.78, 5) is 0. The van der Waals surface area contributed by atoms with E-state index >= 15 is 0 Å². The molecular formula is C7H16O3S. The number of sulfone groups is 1. The van der Waals surface area contributed by atoms with Gasteiger partial charge in [0, 0.05) is 5.75 Å². The van der Waals surface area contributed by atoms with Gasteiger partial charge in [0.2, 0.25) is 0 Å². The predicted octanol–water partition coefficient (Wildman–Crippen LogP) is 0.581. The zero-order chi connectivity index (χ0) is 9.07. The van der Waals surface area contributed by atoms with Gasteiger partial charge in [-0.2, -0.15) is 0 Å². The molecule has 0 heterocycles. The molecule has 0 unspecified atom stereocenters. The van der Waals surface area contributed by atoms with E-state index < -0.39 is 21.2 Å². The average Bonchev–Trinajstić information content (AvgIpc) is 1.88. The van der Waals surface area contributed by atoms with Crippen molar-refractivity contribution in [1.82, 2.24) is 0 Å². The van der Waals surface area contributed by atoms with Gasteiger partial charge in [-0.15, -0.1) is 0 Å². The third-order valence-electron chi connectivity index (χ3n) is 1.80. The molecule has 11 heavy (non-hydrogen) atoms. The third kappa shape index (κ3) is 2.79. The molecule has 0 aromatic carbocycles. The molecule has 4 heteroatoms. The van der Waals surface area contributed by atoms with Gasteiger partial charge in [0.05, 0.1) is 11.4 Å². The maximum Gasteiger partial charge on any atom is 0.155 e. The van der Waals surface area contributed by atoms with E-state index in [9.17, 15) is 8.42 Å². The van der Waals surface area contributed by atoms with Crippen molar-refractivity contribution < 1.29 is 13.5 Å². The highest BCUT2D eigenvalue weighted by Gasteiger charge is 2.25. The second-order valence-corrected chi connectivity index (χ2v) is 5.15. The van der Waals surface area contributed by atoms with E-state index in [1.165, 1.54) is 6.92 Å². The van der Waals surface area contributed by atoms with Crippen LogP contribution in [0.2, 0.25) is 0 Å². The van der Waals surface area contributed by atoms with Crippen molar-refractivity contribution in [2.24, 2.45) is 0 Å². The highest BCUT2D eigenvalue weighted by molar-refractivity contribution is 7.92. The van der Waals surface area contributed by atoms with Gasteiger partial charge < -0.3 is 5.11 Å². The molecule has 0 fully saturated rings. The summed E-state index contributed by atoms with van der Waals surface area (Å²) in [6.45, 7) is 4.88. The standard InChI is InChI=1S/C7H16O3S/c1-4-7(6(3)8)11(9,10)5-2/h6-8H,4-5H2,1-3H3/t6-,7-/m0/s1. The van der Waals surface area contributed by atoms with Crippen molar-refractivity contribution in [3.05, 3.63) is 0 Å². The quantitative estimate of drug-likeness (QED) is 0.688. The molecule has 0 aliphatic heterocycles. The molecule has 3 nitrogen and oxygen atoms in total. The maximum absolute atomic E-state index is 11.2. The largest absolute Gasteiger partial charge is 0.392 e. The first kappa shape index (κ1) is 10.9. The zero-order valence-corrected chi connectivity index (χ0v) is 8.06. The minimum atomic E-state index is -3.06. The lowest BCUT2D eigenvalue weighted by Crippen LogP contribution is -2.32. The van der Waals surface area contributed by atoms with Crippen LogP contribution in [0.3, 0.4) is 0 Å². The Morgan fingerprint density at radius 3 is 1.91 bits per heavy atom. The molecule has 1 N–H and O–H groups in total. The van der Waals surface area contributed by atoms with E-state index in [0.29, 0.717) is 6.42 Å². The van der Waals surface area contributed by atoms with Crippen LogP contribution in [0.4, 0.5) is 0 Å². The number of aliphatic hydroxyl groups excluding tert-OH is 1. The van der Waals surface area contributed by atoms with Gasteiger partial charge in [-0.3, -0.25) is 0 Å². The monoisotopic (exact) mass is 180 g/mol. The Labute approximate surface area is 68.3 Å². The highest BCUT2D eigenvalue weighted by Crippen LogP contribution is 2.10. The van der Waals surface area contributed by atoms with Crippen molar-refractivity contribution in [2.75, 3.05) is 5.75 Å².